The molecule has 2 aromatic heterocycles. The van der Waals surface area contributed by atoms with E-state index in [9.17, 15) is 5.11 Å². The highest BCUT2D eigenvalue weighted by molar-refractivity contribution is 5.82. The molecule has 1 atom stereocenters. The van der Waals surface area contributed by atoms with Gasteiger partial charge in [-0.15, -0.1) is 0 Å². The topological polar surface area (TPSA) is 67.8 Å². The van der Waals surface area contributed by atoms with Crippen molar-refractivity contribution in [3.8, 4) is 5.75 Å². The van der Waals surface area contributed by atoms with Crippen LogP contribution in [-0.4, -0.2) is 18.7 Å². The van der Waals surface area contributed by atoms with Crippen LogP contribution >= 0.6 is 0 Å². The minimum atomic E-state index is -1.48. The third-order valence-electron chi connectivity index (χ3n) is 3.41. The fraction of sp³-hybridized carbons (Fsp3) is 0.250. The predicted molar refractivity (Wildman–Crippen MR) is 78.0 cm³/mol. The summed E-state index contributed by atoms with van der Waals surface area (Å²) >= 11 is 0. The molecule has 0 radical (unpaired) electrons. The molecule has 0 bridgehead atoms. The van der Waals surface area contributed by atoms with Gasteiger partial charge in [-0.25, -0.2) is 0 Å². The Hall–Kier alpha value is -2.24. The molecule has 5 heteroatoms. The van der Waals surface area contributed by atoms with Crippen molar-refractivity contribution in [2.45, 2.75) is 12.2 Å². The number of furan rings is 2. The van der Waals surface area contributed by atoms with Gasteiger partial charge in [0, 0.05) is 18.4 Å². The van der Waals surface area contributed by atoms with E-state index in [1.165, 1.54) is 12.5 Å². The molecule has 110 valence electrons. The Balaban J connectivity index is 1.96. The molecule has 3 rings (SSSR count). The van der Waals surface area contributed by atoms with E-state index >= 15 is 0 Å². The lowest BCUT2D eigenvalue weighted by Crippen LogP contribution is -2.35. The standard InChI is InChI=1S/C16H17NO4/c1-17-8-7-16(18,13-6-9-19-11-13)21-14-4-2-3-12-5-10-20-15(12)14/h2-6,9-11,17-18H,7-8H2,1H3/t16-/m1/s1. The van der Waals surface area contributed by atoms with Gasteiger partial charge < -0.3 is 24.0 Å². The zero-order valence-corrected chi connectivity index (χ0v) is 11.7. The normalized spacial score (nSPS) is 14.2. The van der Waals surface area contributed by atoms with Gasteiger partial charge in [0.2, 0.25) is 5.79 Å². The Morgan fingerprint density at radius 1 is 1.24 bits per heavy atom. The van der Waals surface area contributed by atoms with Crippen molar-refractivity contribution in [2.75, 3.05) is 13.6 Å². The number of rotatable bonds is 6. The Labute approximate surface area is 122 Å². The van der Waals surface area contributed by atoms with Gasteiger partial charge in [0.25, 0.3) is 0 Å². The van der Waals surface area contributed by atoms with Crippen molar-refractivity contribution < 1.29 is 18.7 Å². The summed E-state index contributed by atoms with van der Waals surface area (Å²) in [5.74, 6) is -0.978. The summed E-state index contributed by atoms with van der Waals surface area (Å²) in [6, 6.07) is 9.11. The van der Waals surface area contributed by atoms with Crippen LogP contribution in [0.3, 0.4) is 0 Å². The van der Waals surface area contributed by atoms with Crippen LogP contribution < -0.4 is 10.1 Å². The second kappa shape index (κ2) is 5.63. The molecular formula is C16H17NO4. The second-order valence-corrected chi connectivity index (χ2v) is 4.85. The zero-order chi connectivity index (χ0) is 14.7. The maximum atomic E-state index is 10.9. The first-order valence-electron chi connectivity index (χ1n) is 6.78. The largest absolute Gasteiger partial charge is 0.472 e. The summed E-state index contributed by atoms with van der Waals surface area (Å²) in [6.45, 7) is 0.593. The summed E-state index contributed by atoms with van der Waals surface area (Å²) < 4.78 is 16.4. The summed E-state index contributed by atoms with van der Waals surface area (Å²) in [5, 5.41) is 14.8. The lowest BCUT2D eigenvalue weighted by Gasteiger charge is -2.28. The molecule has 5 nitrogen and oxygen atoms in total. The number of hydrogen-bond donors (Lipinski definition) is 2. The molecule has 0 spiro atoms. The van der Waals surface area contributed by atoms with E-state index in [0.29, 0.717) is 29.9 Å². The van der Waals surface area contributed by atoms with Crippen molar-refractivity contribution in [1.29, 1.82) is 0 Å². The van der Waals surface area contributed by atoms with Crippen LogP contribution in [-0.2, 0) is 5.79 Å². The van der Waals surface area contributed by atoms with E-state index in [4.69, 9.17) is 13.6 Å². The van der Waals surface area contributed by atoms with Crippen LogP contribution in [0, 0.1) is 0 Å². The van der Waals surface area contributed by atoms with Crippen LogP contribution in [0.25, 0.3) is 11.0 Å². The number of benzene rings is 1. The maximum absolute atomic E-state index is 10.9. The molecular weight excluding hydrogens is 270 g/mol. The average Bonchev–Trinajstić information content (AvgIpc) is 3.16. The third-order valence-corrected chi connectivity index (χ3v) is 3.41. The number of para-hydroxylation sites is 1. The number of fused-ring (bicyclic) bond motifs is 1. The summed E-state index contributed by atoms with van der Waals surface area (Å²) in [5.41, 5.74) is 1.19. The van der Waals surface area contributed by atoms with Gasteiger partial charge in [0.05, 0.1) is 24.4 Å². The minimum Gasteiger partial charge on any atom is -0.472 e. The molecule has 2 heterocycles. The highest BCUT2D eigenvalue weighted by Gasteiger charge is 2.33. The van der Waals surface area contributed by atoms with Gasteiger partial charge in [0.1, 0.15) is 0 Å². The van der Waals surface area contributed by atoms with Crippen molar-refractivity contribution >= 4 is 11.0 Å². The van der Waals surface area contributed by atoms with E-state index in [1.54, 1.807) is 18.4 Å². The molecule has 0 aliphatic heterocycles. The summed E-state index contributed by atoms with van der Waals surface area (Å²) in [7, 11) is 1.82. The van der Waals surface area contributed by atoms with Gasteiger partial charge >= 0.3 is 0 Å². The molecule has 0 aliphatic rings. The van der Waals surface area contributed by atoms with Crippen molar-refractivity contribution in [3.63, 3.8) is 0 Å². The summed E-state index contributed by atoms with van der Waals surface area (Å²) in [4.78, 5) is 0. The van der Waals surface area contributed by atoms with E-state index in [2.05, 4.69) is 5.32 Å². The summed E-state index contributed by atoms with van der Waals surface area (Å²) in [6.07, 6.45) is 4.97. The maximum Gasteiger partial charge on any atom is 0.239 e. The molecule has 0 unspecified atom stereocenters. The first-order valence-corrected chi connectivity index (χ1v) is 6.78. The minimum absolute atomic E-state index is 0.375. The van der Waals surface area contributed by atoms with E-state index < -0.39 is 5.79 Å². The first-order chi connectivity index (χ1) is 10.2. The molecule has 0 saturated carbocycles. The lowest BCUT2D eigenvalue weighted by atomic mass is 10.1. The highest BCUT2D eigenvalue weighted by Crippen LogP contribution is 2.34. The fourth-order valence-corrected chi connectivity index (χ4v) is 2.26. The van der Waals surface area contributed by atoms with Crippen molar-refractivity contribution in [1.82, 2.24) is 5.32 Å². The molecule has 0 amide bonds. The van der Waals surface area contributed by atoms with Crippen LogP contribution in [0.2, 0.25) is 0 Å². The molecule has 0 aliphatic carbocycles. The number of aliphatic hydroxyl groups is 1. The Morgan fingerprint density at radius 2 is 2.14 bits per heavy atom. The van der Waals surface area contributed by atoms with Crippen molar-refractivity contribution in [2.24, 2.45) is 0 Å². The van der Waals surface area contributed by atoms with Gasteiger partial charge in [-0.3, -0.25) is 0 Å². The Kier molecular flexibility index (Phi) is 3.68. The average molecular weight is 287 g/mol. The predicted octanol–water partition coefficient (Wildman–Crippen LogP) is 2.86. The first kappa shape index (κ1) is 13.7. The fourth-order valence-electron chi connectivity index (χ4n) is 2.26. The molecule has 21 heavy (non-hydrogen) atoms. The molecule has 1 aromatic carbocycles. The van der Waals surface area contributed by atoms with Crippen molar-refractivity contribution in [3.05, 3.63) is 54.7 Å². The third kappa shape index (κ3) is 2.66. The van der Waals surface area contributed by atoms with Gasteiger partial charge in [0.15, 0.2) is 11.3 Å². The molecule has 2 N–H and O–H groups in total. The monoisotopic (exact) mass is 287 g/mol. The van der Waals surface area contributed by atoms with Crippen LogP contribution in [0.5, 0.6) is 5.75 Å². The lowest BCUT2D eigenvalue weighted by molar-refractivity contribution is -0.150. The smallest absolute Gasteiger partial charge is 0.239 e. The SMILES string of the molecule is CNCC[C@@](O)(Oc1cccc2ccoc12)c1ccoc1. The highest BCUT2D eigenvalue weighted by atomic mass is 16.6. The van der Waals surface area contributed by atoms with Gasteiger partial charge in [-0.2, -0.15) is 0 Å². The van der Waals surface area contributed by atoms with Crippen LogP contribution in [0.1, 0.15) is 12.0 Å². The van der Waals surface area contributed by atoms with Crippen LogP contribution in [0.4, 0.5) is 0 Å². The van der Waals surface area contributed by atoms with E-state index in [0.717, 1.165) is 5.39 Å². The number of nitrogens with one attached hydrogen (secondary N) is 1. The number of ether oxygens (including phenoxy) is 1. The van der Waals surface area contributed by atoms with E-state index in [1.807, 2.05) is 25.2 Å². The zero-order valence-electron chi connectivity index (χ0n) is 11.7. The van der Waals surface area contributed by atoms with Crippen LogP contribution in [0.15, 0.2) is 58.0 Å². The van der Waals surface area contributed by atoms with E-state index in [-0.39, 0.29) is 0 Å². The Morgan fingerprint density at radius 3 is 2.90 bits per heavy atom. The Bertz CT molecular complexity index is 704. The number of hydrogen-bond acceptors (Lipinski definition) is 5. The quantitative estimate of drug-likeness (QED) is 0.682. The van der Waals surface area contributed by atoms with Gasteiger partial charge in [-0.05, 0) is 25.2 Å². The van der Waals surface area contributed by atoms with Gasteiger partial charge in [-0.1, -0.05) is 12.1 Å². The molecule has 0 fully saturated rings. The second-order valence-electron chi connectivity index (χ2n) is 4.85. The molecule has 0 saturated heterocycles. The molecule has 3 aromatic rings.